The van der Waals surface area contributed by atoms with E-state index in [0.717, 1.165) is 27.3 Å². The van der Waals surface area contributed by atoms with E-state index in [2.05, 4.69) is 23.2 Å². The van der Waals surface area contributed by atoms with Crippen LogP contribution in [0.1, 0.15) is 16.7 Å². The normalized spacial score (nSPS) is 11.4. The lowest BCUT2D eigenvalue weighted by atomic mass is 9.96. The van der Waals surface area contributed by atoms with E-state index in [-0.39, 0.29) is 0 Å². The number of hydrogen-bond acceptors (Lipinski definition) is 1. The molecule has 2 aromatic carbocycles. The first-order valence-corrected chi connectivity index (χ1v) is 7.14. The molecule has 0 bridgehead atoms. The first kappa shape index (κ1) is 13.6. The Kier molecular flexibility index (Phi) is 4.13. The third-order valence-electron chi connectivity index (χ3n) is 3.28. The lowest BCUT2D eigenvalue weighted by molar-refractivity contribution is 1.32. The van der Waals surface area contributed by atoms with Crippen molar-refractivity contribution in [2.24, 2.45) is 0 Å². The molecular weight excluding hydrogens is 278 g/mol. The van der Waals surface area contributed by atoms with Gasteiger partial charge in [0.15, 0.2) is 0 Å². The van der Waals surface area contributed by atoms with Crippen molar-refractivity contribution in [3.63, 3.8) is 0 Å². The molecule has 0 saturated carbocycles. The standard InChI is InChI=1S/C19H14ClN/c20-19-9-5-4-8-17(19)14-18(15-6-2-1-3-7-15)16-10-12-21-13-11-16/h1-14H/b18-14-. The van der Waals surface area contributed by atoms with Gasteiger partial charge in [-0.1, -0.05) is 60.1 Å². The fourth-order valence-corrected chi connectivity index (χ4v) is 2.42. The van der Waals surface area contributed by atoms with Crippen molar-refractivity contribution < 1.29 is 0 Å². The van der Waals surface area contributed by atoms with Crippen molar-refractivity contribution in [1.82, 2.24) is 4.98 Å². The van der Waals surface area contributed by atoms with Crippen LogP contribution in [0.2, 0.25) is 5.02 Å². The Hall–Kier alpha value is -2.38. The number of rotatable bonds is 3. The minimum Gasteiger partial charge on any atom is -0.265 e. The second-order valence-electron chi connectivity index (χ2n) is 4.68. The molecule has 21 heavy (non-hydrogen) atoms. The monoisotopic (exact) mass is 291 g/mol. The van der Waals surface area contributed by atoms with Crippen LogP contribution in [-0.4, -0.2) is 4.98 Å². The summed E-state index contributed by atoms with van der Waals surface area (Å²) < 4.78 is 0. The van der Waals surface area contributed by atoms with E-state index in [1.54, 1.807) is 12.4 Å². The van der Waals surface area contributed by atoms with Gasteiger partial charge in [0.05, 0.1) is 0 Å². The summed E-state index contributed by atoms with van der Waals surface area (Å²) in [6, 6.07) is 22.2. The summed E-state index contributed by atoms with van der Waals surface area (Å²) in [5.74, 6) is 0. The quantitative estimate of drug-likeness (QED) is 0.595. The lowest BCUT2D eigenvalue weighted by Gasteiger charge is -2.09. The summed E-state index contributed by atoms with van der Waals surface area (Å²) in [6.45, 7) is 0. The number of nitrogens with zero attached hydrogens (tertiary/aromatic N) is 1. The van der Waals surface area contributed by atoms with E-state index in [1.807, 2.05) is 54.6 Å². The van der Waals surface area contributed by atoms with Crippen molar-refractivity contribution in [2.45, 2.75) is 0 Å². The number of aromatic nitrogens is 1. The Labute approximate surface area is 129 Å². The molecule has 1 aromatic heterocycles. The maximum absolute atomic E-state index is 6.29. The first-order valence-electron chi connectivity index (χ1n) is 6.76. The topological polar surface area (TPSA) is 12.9 Å². The van der Waals surface area contributed by atoms with Crippen LogP contribution >= 0.6 is 11.6 Å². The van der Waals surface area contributed by atoms with Gasteiger partial charge < -0.3 is 0 Å². The van der Waals surface area contributed by atoms with Crippen LogP contribution < -0.4 is 0 Å². The summed E-state index contributed by atoms with van der Waals surface area (Å²) in [4.78, 5) is 4.09. The highest BCUT2D eigenvalue weighted by Crippen LogP contribution is 2.28. The van der Waals surface area contributed by atoms with E-state index < -0.39 is 0 Å². The van der Waals surface area contributed by atoms with Crippen LogP contribution in [0.3, 0.4) is 0 Å². The molecule has 2 heteroatoms. The minimum absolute atomic E-state index is 0.750. The highest BCUT2D eigenvalue weighted by molar-refractivity contribution is 6.32. The smallest absolute Gasteiger partial charge is 0.0478 e. The number of pyridine rings is 1. The SMILES string of the molecule is Clc1ccccc1/C=C(/c1ccccc1)c1ccncc1. The Morgan fingerprint density at radius 1 is 0.762 bits per heavy atom. The molecule has 0 aliphatic carbocycles. The summed E-state index contributed by atoms with van der Waals surface area (Å²) in [6.07, 6.45) is 5.73. The van der Waals surface area contributed by atoms with E-state index in [0.29, 0.717) is 0 Å². The van der Waals surface area contributed by atoms with Gasteiger partial charge in [0, 0.05) is 17.4 Å². The third kappa shape index (κ3) is 3.21. The average Bonchev–Trinajstić information content (AvgIpc) is 2.56. The zero-order chi connectivity index (χ0) is 14.5. The van der Waals surface area contributed by atoms with E-state index in [4.69, 9.17) is 11.6 Å². The highest BCUT2D eigenvalue weighted by atomic mass is 35.5. The van der Waals surface area contributed by atoms with Crippen molar-refractivity contribution in [2.75, 3.05) is 0 Å². The van der Waals surface area contributed by atoms with Gasteiger partial charge in [-0.15, -0.1) is 0 Å². The molecule has 0 aliphatic rings. The maximum Gasteiger partial charge on any atom is 0.0478 e. The number of benzene rings is 2. The van der Waals surface area contributed by atoms with Crippen molar-refractivity contribution in [3.8, 4) is 0 Å². The largest absolute Gasteiger partial charge is 0.265 e. The van der Waals surface area contributed by atoms with Crippen LogP contribution in [0, 0.1) is 0 Å². The van der Waals surface area contributed by atoms with Gasteiger partial charge >= 0.3 is 0 Å². The van der Waals surface area contributed by atoms with Crippen molar-refractivity contribution in [1.29, 1.82) is 0 Å². The van der Waals surface area contributed by atoms with Gasteiger partial charge in [0.1, 0.15) is 0 Å². The van der Waals surface area contributed by atoms with Crippen LogP contribution in [0.4, 0.5) is 0 Å². The zero-order valence-electron chi connectivity index (χ0n) is 11.4. The zero-order valence-corrected chi connectivity index (χ0v) is 12.2. The molecule has 3 rings (SSSR count). The Bertz CT molecular complexity index is 707. The van der Waals surface area contributed by atoms with E-state index >= 15 is 0 Å². The van der Waals surface area contributed by atoms with Crippen molar-refractivity contribution >= 4 is 23.3 Å². The number of halogens is 1. The maximum atomic E-state index is 6.29. The molecule has 0 N–H and O–H groups in total. The average molecular weight is 292 g/mol. The molecule has 0 amide bonds. The molecule has 0 radical (unpaired) electrons. The van der Waals surface area contributed by atoms with Gasteiger partial charge in [-0.3, -0.25) is 4.98 Å². The second kappa shape index (κ2) is 6.38. The molecule has 102 valence electrons. The fourth-order valence-electron chi connectivity index (χ4n) is 2.23. The second-order valence-corrected chi connectivity index (χ2v) is 5.09. The van der Waals surface area contributed by atoms with E-state index in [1.165, 1.54) is 0 Å². The van der Waals surface area contributed by atoms with Crippen LogP contribution in [0.25, 0.3) is 11.6 Å². The van der Waals surface area contributed by atoms with Crippen LogP contribution in [0.15, 0.2) is 79.1 Å². The Balaban J connectivity index is 2.16. The van der Waals surface area contributed by atoms with Gasteiger partial charge in [-0.25, -0.2) is 0 Å². The number of hydrogen-bond donors (Lipinski definition) is 0. The van der Waals surface area contributed by atoms with Gasteiger partial charge in [0.2, 0.25) is 0 Å². The Morgan fingerprint density at radius 3 is 2.10 bits per heavy atom. The highest BCUT2D eigenvalue weighted by Gasteiger charge is 2.06. The van der Waals surface area contributed by atoms with Gasteiger partial charge in [-0.2, -0.15) is 0 Å². The minimum atomic E-state index is 0.750. The first-order chi connectivity index (χ1) is 10.3. The Morgan fingerprint density at radius 2 is 1.38 bits per heavy atom. The predicted molar refractivity (Wildman–Crippen MR) is 89.1 cm³/mol. The summed E-state index contributed by atoms with van der Waals surface area (Å²) in [5.41, 5.74) is 4.42. The molecule has 1 heterocycles. The lowest BCUT2D eigenvalue weighted by Crippen LogP contribution is -1.89. The summed E-state index contributed by atoms with van der Waals surface area (Å²) in [7, 11) is 0. The molecule has 0 fully saturated rings. The fraction of sp³-hybridized carbons (Fsp3) is 0. The van der Waals surface area contributed by atoms with Crippen LogP contribution in [0.5, 0.6) is 0 Å². The van der Waals surface area contributed by atoms with Crippen LogP contribution in [-0.2, 0) is 0 Å². The molecule has 3 aromatic rings. The molecule has 1 nitrogen and oxygen atoms in total. The molecule has 0 unspecified atom stereocenters. The molecule has 0 spiro atoms. The third-order valence-corrected chi connectivity index (χ3v) is 3.63. The summed E-state index contributed by atoms with van der Waals surface area (Å²) in [5, 5.41) is 0.750. The molecule has 0 atom stereocenters. The molecule has 0 saturated heterocycles. The van der Waals surface area contributed by atoms with Gasteiger partial charge in [-0.05, 0) is 46.5 Å². The van der Waals surface area contributed by atoms with E-state index in [9.17, 15) is 0 Å². The molecular formula is C19H14ClN. The van der Waals surface area contributed by atoms with Gasteiger partial charge in [0.25, 0.3) is 0 Å². The molecule has 0 aliphatic heterocycles. The summed E-state index contributed by atoms with van der Waals surface area (Å²) >= 11 is 6.29. The van der Waals surface area contributed by atoms with Crippen molar-refractivity contribution in [3.05, 3.63) is 101 Å². The predicted octanol–water partition coefficient (Wildman–Crippen LogP) is 5.32.